The summed E-state index contributed by atoms with van der Waals surface area (Å²) in [4.78, 5) is 12.3. The van der Waals surface area contributed by atoms with Crippen molar-refractivity contribution in [3.63, 3.8) is 0 Å². The number of nitrogens with zero attached hydrogens (tertiary/aromatic N) is 3. The molecule has 0 aliphatic heterocycles. The van der Waals surface area contributed by atoms with Crippen molar-refractivity contribution in [2.45, 2.75) is 10.9 Å². The van der Waals surface area contributed by atoms with Gasteiger partial charge in [0.25, 0.3) is 15.9 Å². The maximum atomic E-state index is 12.7. The minimum atomic E-state index is -3.87. The minimum absolute atomic E-state index is 0.0587. The zero-order chi connectivity index (χ0) is 20.3. The van der Waals surface area contributed by atoms with Crippen LogP contribution in [0.2, 0.25) is 10.0 Å². The Morgan fingerprint density at radius 3 is 2.46 bits per heavy atom. The smallest absolute Gasteiger partial charge is 0.272 e. The van der Waals surface area contributed by atoms with Gasteiger partial charge in [-0.15, -0.1) is 10.2 Å². The SMILES string of the molecule is CN(Cc1ccc(Cl)cc1)S(=O)(=O)c1nnc(NC(=O)c2ccccc2Cl)s1. The van der Waals surface area contributed by atoms with E-state index < -0.39 is 15.9 Å². The Labute approximate surface area is 176 Å². The van der Waals surface area contributed by atoms with Crippen molar-refractivity contribution in [2.75, 3.05) is 12.4 Å². The molecule has 0 unspecified atom stereocenters. The Bertz CT molecular complexity index is 1100. The number of hydrogen-bond acceptors (Lipinski definition) is 6. The zero-order valence-electron chi connectivity index (χ0n) is 14.5. The first kappa shape index (κ1) is 20.7. The number of hydrogen-bond donors (Lipinski definition) is 1. The van der Waals surface area contributed by atoms with Crippen molar-refractivity contribution in [1.29, 1.82) is 0 Å². The molecule has 0 aliphatic carbocycles. The van der Waals surface area contributed by atoms with E-state index in [1.807, 2.05) is 0 Å². The summed E-state index contributed by atoms with van der Waals surface area (Å²) in [5.74, 6) is -0.500. The van der Waals surface area contributed by atoms with Gasteiger partial charge in [0.15, 0.2) is 0 Å². The Hall–Kier alpha value is -2.04. The predicted molar refractivity (Wildman–Crippen MR) is 109 cm³/mol. The number of amides is 1. The van der Waals surface area contributed by atoms with Gasteiger partial charge in [-0.1, -0.05) is 58.8 Å². The van der Waals surface area contributed by atoms with Gasteiger partial charge >= 0.3 is 0 Å². The summed E-state index contributed by atoms with van der Waals surface area (Å²) in [5, 5.41) is 10.9. The van der Waals surface area contributed by atoms with Crippen LogP contribution in [0.15, 0.2) is 52.9 Å². The highest BCUT2D eigenvalue weighted by Crippen LogP contribution is 2.25. The van der Waals surface area contributed by atoms with Crippen molar-refractivity contribution in [1.82, 2.24) is 14.5 Å². The van der Waals surface area contributed by atoms with E-state index in [9.17, 15) is 13.2 Å². The second-order valence-electron chi connectivity index (χ2n) is 5.69. The van der Waals surface area contributed by atoms with E-state index in [0.717, 1.165) is 21.2 Å². The molecule has 0 saturated heterocycles. The van der Waals surface area contributed by atoms with Crippen LogP contribution >= 0.6 is 34.5 Å². The van der Waals surface area contributed by atoms with Gasteiger partial charge in [-0.3, -0.25) is 10.1 Å². The van der Waals surface area contributed by atoms with Crippen molar-refractivity contribution >= 4 is 55.6 Å². The van der Waals surface area contributed by atoms with Gasteiger partial charge in [-0.2, -0.15) is 4.31 Å². The van der Waals surface area contributed by atoms with Gasteiger partial charge in [-0.25, -0.2) is 8.42 Å². The fourth-order valence-corrected chi connectivity index (χ4v) is 4.83. The summed E-state index contributed by atoms with van der Waals surface area (Å²) in [6, 6.07) is 13.4. The Morgan fingerprint density at radius 1 is 1.11 bits per heavy atom. The molecule has 1 aromatic heterocycles. The number of rotatable bonds is 6. The summed E-state index contributed by atoms with van der Waals surface area (Å²) < 4.78 is 26.3. The lowest BCUT2D eigenvalue weighted by Gasteiger charge is -2.14. The number of aromatic nitrogens is 2. The molecule has 2 aromatic carbocycles. The van der Waals surface area contributed by atoms with Crippen LogP contribution in [-0.2, 0) is 16.6 Å². The quantitative estimate of drug-likeness (QED) is 0.567. The van der Waals surface area contributed by atoms with Crippen molar-refractivity contribution < 1.29 is 13.2 Å². The average molecular weight is 457 g/mol. The van der Waals surface area contributed by atoms with Gasteiger partial charge in [0.1, 0.15) is 0 Å². The van der Waals surface area contributed by atoms with E-state index in [1.165, 1.54) is 7.05 Å². The molecule has 146 valence electrons. The maximum absolute atomic E-state index is 12.7. The molecule has 1 heterocycles. The molecule has 7 nitrogen and oxygen atoms in total. The number of anilines is 1. The van der Waals surface area contributed by atoms with Crippen LogP contribution in [0.5, 0.6) is 0 Å². The van der Waals surface area contributed by atoms with E-state index >= 15 is 0 Å². The topological polar surface area (TPSA) is 92.3 Å². The molecule has 3 aromatic rings. The Kier molecular flexibility index (Phi) is 6.31. The highest BCUT2D eigenvalue weighted by Gasteiger charge is 2.26. The first-order valence-corrected chi connectivity index (χ1v) is 10.9. The van der Waals surface area contributed by atoms with Crippen LogP contribution in [0.4, 0.5) is 5.13 Å². The van der Waals surface area contributed by atoms with Crippen LogP contribution in [-0.4, -0.2) is 35.9 Å². The first-order chi connectivity index (χ1) is 13.3. The summed E-state index contributed by atoms with van der Waals surface area (Å²) in [6.45, 7) is 0.139. The number of nitrogens with one attached hydrogen (secondary N) is 1. The third-order valence-corrected chi connectivity index (χ3v) is 7.26. The number of benzene rings is 2. The molecular formula is C17H14Cl2N4O3S2. The summed E-state index contributed by atoms with van der Waals surface area (Å²) >= 11 is 12.6. The molecule has 0 fully saturated rings. The number of sulfonamides is 1. The van der Waals surface area contributed by atoms with Crippen molar-refractivity contribution in [3.05, 3.63) is 69.7 Å². The van der Waals surface area contributed by atoms with Crippen molar-refractivity contribution in [3.8, 4) is 0 Å². The van der Waals surface area contributed by atoms with Gasteiger partial charge in [0, 0.05) is 18.6 Å². The second kappa shape index (κ2) is 8.54. The first-order valence-electron chi connectivity index (χ1n) is 7.87. The molecule has 0 bridgehead atoms. The highest BCUT2D eigenvalue weighted by molar-refractivity contribution is 7.91. The van der Waals surface area contributed by atoms with Crippen LogP contribution < -0.4 is 5.32 Å². The highest BCUT2D eigenvalue weighted by atomic mass is 35.5. The predicted octanol–water partition coefficient (Wildman–Crippen LogP) is 3.92. The lowest BCUT2D eigenvalue weighted by atomic mass is 10.2. The number of halogens is 2. The third kappa shape index (κ3) is 4.68. The summed E-state index contributed by atoms with van der Waals surface area (Å²) in [5.41, 5.74) is 1.02. The molecule has 0 saturated carbocycles. The molecule has 0 spiro atoms. The van der Waals surface area contributed by atoms with Gasteiger partial charge in [0.2, 0.25) is 9.47 Å². The standard InChI is InChI=1S/C17H14Cl2N4O3S2/c1-23(10-11-6-8-12(18)9-7-11)28(25,26)17-22-21-16(27-17)20-15(24)13-4-2-3-5-14(13)19/h2-9H,10H2,1H3,(H,20,21,24). The van der Waals surface area contributed by atoms with E-state index in [0.29, 0.717) is 5.02 Å². The van der Waals surface area contributed by atoms with E-state index in [4.69, 9.17) is 23.2 Å². The summed E-state index contributed by atoms with van der Waals surface area (Å²) in [7, 11) is -2.43. The maximum Gasteiger partial charge on any atom is 0.272 e. The molecule has 0 radical (unpaired) electrons. The molecular weight excluding hydrogens is 443 g/mol. The monoisotopic (exact) mass is 456 g/mol. The number of carbonyl (C=O) groups excluding carboxylic acids is 1. The summed E-state index contributed by atoms with van der Waals surface area (Å²) in [6.07, 6.45) is 0. The van der Waals surface area contributed by atoms with Gasteiger partial charge < -0.3 is 0 Å². The fraction of sp³-hybridized carbons (Fsp3) is 0.118. The molecule has 3 rings (SSSR count). The van der Waals surface area contributed by atoms with E-state index in [-0.39, 0.29) is 26.6 Å². The van der Waals surface area contributed by atoms with Gasteiger partial charge in [-0.05, 0) is 29.8 Å². The second-order valence-corrected chi connectivity index (χ2v) is 9.73. The van der Waals surface area contributed by atoms with Crippen LogP contribution in [0.25, 0.3) is 0 Å². The van der Waals surface area contributed by atoms with E-state index in [2.05, 4.69) is 15.5 Å². The molecule has 0 atom stereocenters. The normalized spacial score (nSPS) is 11.6. The third-order valence-electron chi connectivity index (χ3n) is 3.69. The van der Waals surface area contributed by atoms with Crippen LogP contribution in [0, 0.1) is 0 Å². The molecule has 1 amide bonds. The average Bonchev–Trinajstić information content (AvgIpc) is 3.13. The van der Waals surface area contributed by atoms with Crippen LogP contribution in [0.3, 0.4) is 0 Å². The molecule has 0 aliphatic rings. The minimum Gasteiger partial charge on any atom is -0.296 e. The Balaban J connectivity index is 1.73. The zero-order valence-corrected chi connectivity index (χ0v) is 17.6. The largest absolute Gasteiger partial charge is 0.296 e. The molecule has 11 heteroatoms. The fourth-order valence-electron chi connectivity index (χ4n) is 2.24. The molecule has 28 heavy (non-hydrogen) atoms. The van der Waals surface area contributed by atoms with Crippen LogP contribution in [0.1, 0.15) is 15.9 Å². The molecule has 1 N–H and O–H groups in total. The number of carbonyl (C=O) groups is 1. The van der Waals surface area contributed by atoms with E-state index in [1.54, 1.807) is 48.5 Å². The van der Waals surface area contributed by atoms with Gasteiger partial charge in [0.05, 0.1) is 10.6 Å². The Morgan fingerprint density at radius 2 is 1.79 bits per heavy atom. The lowest BCUT2D eigenvalue weighted by Crippen LogP contribution is -2.26. The lowest BCUT2D eigenvalue weighted by molar-refractivity contribution is 0.102. The van der Waals surface area contributed by atoms with Crippen molar-refractivity contribution in [2.24, 2.45) is 0 Å².